The summed E-state index contributed by atoms with van der Waals surface area (Å²) < 4.78 is 37.5. The van der Waals surface area contributed by atoms with Crippen LogP contribution in [0.3, 0.4) is 0 Å². The van der Waals surface area contributed by atoms with Crippen molar-refractivity contribution in [3.63, 3.8) is 0 Å². The van der Waals surface area contributed by atoms with Gasteiger partial charge in [-0.3, -0.25) is 4.72 Å². The van der Waals surface area contributed by atoms with Crippen molar-refractivity contribution in [2.45, 2.75) is 4.90 Å². The molecule has 0 spiro atoms. The van der Waals surface area contributed by atoms with Crippen molar-refractivity contribution < 1.29 is 37.7 Å². The van der Waals surface area contributed by atoms with Gasteiger partial charge in [-0.15, -0.1) is 0 Å². The second-order valence-corrected chi connectivity index (χ2v) is 6.67. The van der Waals surface area contributed by atoms with Gasteiger partial charge in [0.15, 0.2) is 0 Å². The first-order valence-corrected chi connectivity index (χ1v) is 8.53. The minimum atomic E-state index is -4.19. The molecular weight excluding hydrogens is 366 g/mol. The first-order chi connectivity index (χ1) is 12.2. The van der Waals surface area contributed by atoms with Crippen LogP contribution in [0.1, 0.15) is 20.7 Å². The fourth-order valence-corrected chi connectivity index (χ4v) is 3.24. The van der Waals surface area contributed by atoms with Gasteiger partial charge >= 0.3 is 11.9 Å². The molecule has 0 heterocycles. The molecule has 0 aliphatic heterocycles. The van der Waals surface area contributed by atoms with E-state index in [0.29, 0.717) is 5.75 Å². The minimum absolute atomic E-state index is 0.104. The van der Waals surface area contributed by atoms with E-state index < -0.39 is 38.0 Å². The second-order valence-electron chi connectivity index (χ2n) is 4.99. The Hall–Kier alpha value is -3.27. The maximum atomic E-state index is 12.5. The molecule has 0 radical (unpaired) electrons. The predicted molar refractivity (Wildman–Crippen MR) is 90.7 cm³/mol. The minimum Gasteiger partial charge on any atom is -0.497 e. The maximum Gasteiger partial charge on any atom is 0.336 e. The molecule has 0 atom stereocenters. The quantitative estimate of drug-likeness (QED) is 0.661. The SMILES string of the molecule is COc1ccc(NS(=O)(=O)c2ccc(C(=O)O)c(C(=O)O)c2)c(OC)c1. The highest BCUT2D eigenvalue weighted by atomic mass is 32.2. The van der Waals surface area contributed by atoms with Gasteiger partial charge in [0.2, 0.25) is 0 Å². The lowest BCUT2D eigenvalue weighted by Gasteiger charge is -2.13. The molecule has 0 bridgehead atoms. The number of hydrogen-bond donors (Lipinski definition) is 3. The van der Waals surface area contributed by atoms with E-state index in [1.54, 1.807) is 0 Å². The van der Waals surface area contributed by atoms with Crippen molar-refractivity contribution in [1.82, 2.24) is 0 Å². The van der Waals surface area contributed by atoms with Crippen LogP contribution >= 0.6 is 0 Å². The van der Waals surface area contributed by atoms with Gasteiger partial charge in [0.05, 0.1) is 35.9 Å². The number of rotatable bonds is 7. The Labute approximate surface area is 148 Å². The molecule has 0 saturated carbocycles. The molecule has 10 heteroatoms. The zero-order valence-corrected chi connectivity index (χ0v) is 14.5. The molecule has 0 aliphatic carbocycles. The van der Waals surface area contributed by atoms with E-state index in [-0.39, 0.29) is 11.4 Å². The van der Waals surface area contributed by atoms with Crippen LogP contribution in [-0.4, -0.2) is 44.8 Å². The first kappa shape index (κ1) is 19.1. The normalized spacial score (nSPS) is 10.8. The van der Waals surface area contributed by atoms with Crippen molar-refractivity contribution in [2.75, 3.05) is 18.9 Å². The van der Waals surface area contributed by atoms with Crippen LogP contribution in [0, 0.1) is 0 Å². The number of carboxylic acids is 2. The third-order valence-corrected chi connectivity index (χ3v) is 4.78. The Morgan fingerprint density at radius 1 is 0.923 bits per heavy atom. The van der Waals surface area contributed by atoms with Gasteiger partial charge < -0.3 is 19.7 Å². The van der Waals surface area contributed by atoms with E-state index in [1.807, 2.05) is 0 Å². The van der Waals surface area contributed by atoms with Crippen LogP contribution in [0.15, 0.2) is 41.3 Å². The van der Waals surface area contributed by atoms with Gasteiger partial charge in [-0.25, -0.2) is 18.0 Å². The number of sulfonamides is 1. The van der Waals surface area contributed by atoms with E-state index in [2.05, 4.69) is 4.72 Å². The van der Waals surface area contributed by atoms with Crippen LogP contribution in [0.4, 0.5) is 5.69 Å². The number of benzene rings is 2. The Bertz CT molecular complexity index is 968. The van der Waals surface area contributed by atoms with Gasteiger partial charge in [-0.1, -0.05) is 0 Å². The van der Waals surface area contributed by atoms with Crippen LogP contribution in [0.2, 0.25) is 0 Å². The molecular formula is C16H15NO8S. The predicted octanol–water partition coefficient (Wildman–Crippen LogP) is 1.90. The van der Waals surface area contributed by atoms with Crippen molar-refractivity contribution in [2.24, 2.45) is 0 Å². The zero-order valence-electron chi connectivity index (χ0n) is 13.7. The smallest absolute Gasteiger partial charge is 0.336 e. The van der Waals surface area contributed by atoms with Crippen LogP contribution < -0.4 is 14.2 Å². The van der Waals surface area contributed by atoms with Crippen molar-refractivity contribution in [3.05, 3.63) is 47.5 Å². The van der Waals surface area contributed by atoms with E-state index >= 15 is 0 Å². The van der Waals surface area contributed by atoms with Crippen LogP contribution in [-0.2, 0) is 10.0 Å². The van der Waals surface area contributed by atoms with Gasteiger partial charge in [0.1, 0.15) is 11.5 Å². The Morgan fingerprint density at radius 2 is 1.58 bits per heavy atom. The summed E-state index contributed by atoms with van der Waals surface area (Å²) in [5, 5.41) is 18.1. The summed E-state index contributed by atoms with van der Waals surface area (Å²) in [6.07, 6.45) is 0. The number of nitrogens with one attached hydrogen (secondary N) is 1. The molecule has 0 amide bonds. The Balaban J connectivity index is 2.47. The summed E-state index contributed by atoms with van der Waals surface area (Å²) in [6.45, 7) is 0. The zero-order chi connectivity index (χ0) is 19.5. The summed E-state index contributed by atoms with van der Waals surface area (Å²) in [4.78, 5) is 21.9. The van der Waals surface area contributed by atoms with Gasteiger partial charge in [0, 0.05) is 6.07 Å². The third kappa shape index (κ3) is 3.86. The number of anilines is 1. The molecule has 138 valence electrons. The summed E-state index contributed by atoms with van der Waals surface area (Å²) >= 11 is 0. The fraction of sp³-hybridized carbons (Fsp3) is 0.125. The molecule has 2 aromatic carbocycles. The number of methoxy groups -OCH3 is 2. The summed E-state index contributed by atoms with van der Waals surface area (Å²) in [6, 6.07) is 7.10. The molecule has 26 heavy (non-hydrogen) atoms. The number of carboxylic acid groups (broad SMARTS) is 2. The summed E-state index contributed by atoms with van der Waals surface area (Å²) in [5.41, 5.74) is -1.05. The standard InChI is InChI=1S/C16H15NO8S/c1-24-9-3-6-13(14(7-9)25-2)17-26(22,23)10-4-5-11(15(18)19)12(8-10)16(20)21/h3-8,17H,1-2H3,(H,18,19)(H,20,21). The van der Waals surface area contributed by atoms with Crippen molar-refractivity contribution in [1.29, 1.82) is 0 Å². The second kappa shape index (κ2) is 7.31. The van der Waals surface area contributed by atoms with E-state index in [9.17, 15) is 18.0 Å². The molecule has 0 fully saturated rings. The molecule has 0 aliphatic rings. The number of carbonyl (C=O) groups is 2. The number of ether oxygens (including phenoxy) is 2. The van der Waals surface area contributed by atoms with Gasteiger partial charge in [-0.05, 0) is 30.3 Å². The maximum absolute atomic E-state index is 12.5. The highest BCUT2D eigenvalue weighted by Gasteiger charge is 2.22. The van der Waals surface area contributed by atoms with Crippen molar-refractivity contribution >= 4 is 27.6 Å². The Kier molecular flexibility index (Phi) is 5.36. The number of aromatic carboxylic acids is 2. The molecule has 9 nitrogen and oxygen atoms in total. The monoisotopic (exact) mass is 381 g/mol. The summed E-state index contributed by atoms with van der Waals surface area (Å²) in [7, 11) is -1.41. The number of hydrogen-bond acceptors (Lipinski definition) is 6. The fourth-order valence-electron chi connectivity index (χ4n) is 2.14. The van der Waals surface area contributed by atoms with Crippen LogP contribution in [0.25, 0.3) is 0 Å². The lowest BCUT2D eigenvalue weighted by molar-refractivity contribution is 0.0651. The highest BCUT2D eigenvalue weighted by Crippen LogP contribution is 2.31. The third-order valence-electron chi connectivity index (χ3n) is 3.42. The van der Waals surface area contributed by atoms with E-state index in [0.717, 1.165) is 18.2 Å². The average molecular weight is 381 g/mol. The average Bonchev–Trinajstić information content (AvgIpc) is 2.61. The van der Waals surface area contributed by atoms with Crippen molar-refractivity contribution in [3.8, 4) is 11.5 Å². The molecule has 2 aromatic rings. The first-order valence-electron chi connectivity index (χ1n) is 7.05. The molecule has 2 rings (SSSR count). The lowest BCUT2D eigenvalue weighted by atomic mass is 10.1. The molecule has 3 N–H and O–H groups in total. The van der Waals surface area contributed by atoms with E-state index in [4.69, 9.17) is 19.7 Å². The lowest BCUT2D eigenvalue weighted by Crippen LogP contribution is -2.16. The highest BCUT2D eigenvalue weighted by molar-refractivity contribution is 7.92. The molecule has 0 saturated heterocycles. The summed E-state index contributed by atoms with van der Waals surface area (Å²) in [5.74, 6) is -2.39. The van der Waals surface area contributed by atoms with E-state index in [1.165, 1.54) is 32.4 Å². The van der Waals surface area contributed by atoms with Gasteiger partial charge in [0.25, 0.3) is 10.0 Å². The van der Waals surface area contributed by atoms with Crippen LogP contribution in [0.5, 0.6) is 11.5 Å². The largest absolute Gasteiger partial charge is 0.497 e. The molecule has 0 unspecified atom stereocenters. The topological polar surface area (TPSA) is 139 Å². The molecule has 0 aromatic heterocycles. The Morgan fingerprint density at radius 3 is 2.12 bits per heavy atom. The van der Waals surface area contributed by atoms with Gasteiger partial charge in [-0.2, -0.15) is 0 Å².